The number of non-ortho nitro benzene ring substituents is 1. The van der Waals surface area contributed by atoms with Crippen molar-refractivity contribution in [2.75, 3.05) is 18.4 Å². The van der Waals surface area contributed by atoms with E-state index in [1.54, 1.807) is 6.07 Å². The molecule has 2 aliphatic carbocycles. The van der Waals surface area contributed by atoms with Gasteiger partial charge < -0.3 is 10.4 Å². The van der Waals surface area contributed by atoms with Crippen molar-refractivity contribution in [2.24, 2.45) is 5.92 Å². The molecule has 0 amide bonds. The van der Waals surface area contributed by atoms with Crippen LogP contribution in [-0.4, -0.2) is 56.4 Å². The van der Waals surface area contributed by atoms with Gasteiger partial charge in [-0.15, -0.1) is 0 Å². The molecule has 4 rings (SSSR count). The lowest BCUT2D eigenvalue weighted by Gasteiger charge is -2.43. The molecule has 0 spiro atoms. The van der Waals surface area contributed by atoms with Crippen LogP contribution in [0.4, 0.5) is 11.4 Å². The van der Waals surface area contributed by atoms with Gasteiger partial charge in [-0.1, -0.05) is 0 Å². The van der Waals surface area contributed by atoms with Crippen molar-refractivity contribution in [3.05, 3.63) is 22.2 Å². The molecule has 2 fully saturated rings. The van der Waals surface area contributed by atoms with Gasteiger partial charge in [-0.2, -0.15) is 0 Å². The van der Waals surface area contributed by atoms with Crippen molar-refractivity contribution in [1.29, 1.82) is 0 Å². The van der Waals surface area contributed by atoms with E-state index in [1.807, 2.05) is 0 Å². The summed E-state index contributed by atoms with van der Waals surface area (Å²) in [7, 11) is 0. The van der Waals surface area contributed by atoms with Crippen molar-refractivity contribution in [1.82, 2.24) is 15.2 Å². The van der Waals surface area contributed by atoms with Crippen LogP contribution in [0.3, 0.4) is 0 Å². The maximum absolute atomic E-state index is 11.1. The van der Waals surface area contributed by atoms with Gasteiger partial charge in [0.15, 0.2) is 5.52 Å². The average molecular weight is 361 g/mol. The molecule has 0 saturated heterocycles. The van der Waals surface area contributed by atoms with E-state index in [0.29, 0.717) is 17.1 Å². The highest BCUT2D eigenvalue weighted by atomic mass is 16.6. The number of nitro groups is 1. The van der Waals surface area contributed by atoms with Gasteiger partial charge >= 0.3 is 11.7 Å². The Morgan fingerprint density at radius 1 is 1.35 bits per heavy atom. The molecule has 26 heavy (non-hydrogen) atoms. The smallest absolute Gasteiger partial charge is 0.317 e. The van der Waals surface area contributed by atoms with E-state index in [-0.39, 0.29) is 29.8 Å². The Morgan fingerprint density at radius 2 is 2.08 bits per heavy atom. The minimum atomic E-state index is -0.798. The first-order valence-electron chi connectivity index (χ1n) is 8.63. The number of nitrogens with one attached hydrogen (secondary N) is 1. The summed E-state index contributed by atoms with van der Waals surface area (Å²) in [6.07, 6.45) is 4.02. The summed E-state index contributed by atoms with van der Waals surface area (Å²) < 4.78 is 4.67. The Labute approximate surface area is 148 Å². The van der Waals surface area contributed by atoms with Gasteiger partial charge in [0, 0.05) is 24.7 Å². The van der Waals surface area contributed by atoms with Crippen LogP contribution in [0, 0.1) is 16.0 Å². The molecule has 2 aliphatic rings. The fraction of sp³-hybridized carbons (Fsp3) is 0.562. The fourth-order valence-corrected chi connectivity index (χ4v) is 3.49. The molecule has 0 atom stereocenters. The summed E-state index contributed by atoms with van der Waals surface area (Å²) in [5.74, 6) is -0.162. The number of carboxylic acids is 1. The molecule has 2 saturated carbocycles. The number of anilines is 1. The molecular formula is C16H19N5O5. The predicted molar refractivity (Wildman–Crippen MR) is 90.8 cm³/mol. The second kappa shape index (κ2) is 6.52. The summed E-state index contributed by atoms with van der Waals surface area (Å²) in [5, 5.41) is 30.9. The molecule has 10 nitrogen and oxygen atoms in total. The van der Waals surface area contributed by atoms with E-state index in [0.717, 1.165) is 19.4 Å². The Hall–Kier alpha value is -2.75. The normalized spacial score (nSPS) is 22.3. The molecular weight excluding hydrogens is 342 g/mol. The van der Waals surface area contributed by atoms with E-state index < -0.39 is 10.9 Å². The van der Waals surface area contributed by atoms with Gasteiger partial charge in [-0.3, -0.25) is 19.8 Å². The molecule has 0 radical (unpaired) electrons. The van der Waals surface area contributed by atoms with Crippen LogP contribution in [-0.2, 0) is 4.79 Å². The zero-order valence-electron chi connectivity index (χ0n) is 14.0. The Kier molecular flexibility index (Phi) is 4.19. The van der Waals surface area contributed by atoms with Crippen molar-refractivity contribution in [3.63, 3.8) is 0 Å². The topological polar surface area (TPSA) is 135 Å². The summed E-state index contributed by atoms with van der Waals surface area (Å²) in [6, 6.07) is 3.40. The minimum absolute atomic E-state index is 0.0723. The van der Waals surface area contributed by atoms with Gasteiger partial charge in [0.05, 0.1) is 17.2 Å². The molecule has 1 aromatic carbocycles. The Bertz CT molecular complexity index is 843. The van der Waals surface area contributed by atoms with Crippen LogP contribution in [0.5, 0.6) is 0 Å². The van der Waals surface area contributed by atoms with Crippen LogP contribution in [0.2, 0.25) is 0 Å². The number of rotatable bonds is 8. The van der Waals surface area contributed by atoms with Gasteiger partial charge in [-0.05, 0) is 48.0 Å². The van der Waals surface area contributed by atoms with Crippen molar-refractivity contribution in [3.8, 4) is 0 Å². The standard InChI is InChI=1S/C16H19N5O5/c22-14(23)8-20(7-9-1-2-9)11-5-10(6-11)17-12-3-4-13(21(24)25)16-15(12)18-26-19-16/h3-4,9-11,17H,1-2,5-8H2,(H,22,23). The third kappa shape index (κ3) is 3.32. The molecule has 2 N–H and O–H groups in total. The fourth-order valence-electron chi connectivity index (χ4n) is 3.49. The lowest BCUT2D eigenvalue weighted by atomic mass is 9.85. The monoisotopic (exact) mass is 361 g/mol. The largest absolute Gasteiger partial charge is 0.480 e. The third-order valence-electron chi connectivity index (χ3n) is 5.11. The number of hydrogen-bond donors (Lipinski definition) is 2. The van der Waals surface area contributed by atoms with E-state index >= 15 is 0 Å². The predicted octanol–water partition coefficient (Wildman–Crippen LogP) is 1.87. The molecule has 2 aromatic rings. The van der Waals surface area contributed by atoms with E-state index in [1.165, 1.54) is 18.9 Å². The van der Waals surface area contributed by atoms with Crippen molar-refractivity contribution < 1.29 is 19.5 Å². The van der Waals surface area contributed by atoms with E-state index in [2.05, 4.69) is 25.2 Å². The molecule has 0 bridgehead atoms. The first-order chi connectivity index (χ1) is 12.5. The number of carbonyl (C=O) groups is 1. The SMILES string of the molecule is O=C(O)CN(CC1CC1)C1CC(Nc2ccc([N+](=O)[O-])c3nonc23)C1. The van der Waals surface area contributed by atoms with Gasteiger partial charge in [0.2, 0.25) is 5.52 Å². The third-order valence-corrected chi connectivity index (χ3v) is 5.11. The number of nitrogens with zero attached hydrogens (tertiary/aromatic N) is 4. The number of fused-ring (bicyclic) bond motifs is 1. The molecule has 1 heterocycles. The highest BCUT2D eigenvalue weighted by molar-refractivity contribution is 5.93. The number of carboxylic acid groups (broad SMARTS) is 1. The highest BCUT2D eigenvalue weighted by Crippen LogP contribution is 2.36. The number of nitro benzene ring substituents is 1. The summed E-state index contributed by atoms with van der Waals surface area (Å²) in [5.41, 5.74) is 0.956. The summed E-state index contributed by atoms with van der Waals surface area (Å²) in [4.78, 5) is 23.7. The maximum Gasteiger partial charge on any atom is 0.317 e. The van der Waals surface area contributed by atoms with E-state index in [4.69, 9.17) is 5.11 Å². The Balaban J connectivity index is 1.41. The van der Waals surface area contributed by atoms with Gasteiger partial charge in [0.25, 0.3) is 0 Å². The molecule has 0 aliphatic heterocycles. The average Bonchev–Trinajstić information content (AvgIpc) is 3.21. The minimum Gasteiger partial charge on any atom is -0.480 e. The van der Waals surface area contributed by atoms with Crippen LogP contribution >= 0.6 is 0 Å². The first-order valence-corrected chi connectivity index (χ1v) is 8.63. The number of hydrogen-bond acceptors (Lipinski definition) is 8. The number of aromatic nitrogens is 2. The lowest BCUT2D eigenvalue weighted by Crippen LogP contribution is -2.52. The maximum atomic E-state index is 11.1. The second-order valence-electron chi connectivity index (χ2n) is 7.08. The van der Waals surface area contributed by atoms with Crippen LogP contribution < -0.4 is 5.32 Å². The van der Waals surface area contributed by atoms with E-state index in [9.17, 15) is 14.9 Å². The molecule has 1 aromatic heterocycles. The second-order valence-corrected chi connectivity index (χ2v) is 7.08. The first kappa shape index (κ1) is 16.7. The van der Waals surface area contributed by atoms with Gasteiger partial charge in [-0.25, -0.2) is 4.63 Å². The van der Waals surface area contributed by atoms with Gasteiger partial charge in [0.1, 0.15) is 0 Å². The zero-order chi connectivity index (χ0) is 18.3. The van der Waals surface area contributed by atoms with Crippen LogP contribution in [0.25, 0.3) is 11.0 Å². The summed E-state index contributed by atoms with van der Waals surface area (Å²) in [6.45, 7) is 0.918. The molecule has 138 valence electrons. The van der Waals surface area contributed by atoms with Crippen LogP contribution in [0.1, 0.15) is 25.7 Å². The Morgan fingerprint density at radius 3 is 2.73 bits per heavy atom. The quantitative estimate of drug-likeness (QED) is 0.533. The lowest BCUT2D eigenvalue weighted by molar-refractivity contribution is -0.383. The van der Waals surface area contributed by atoms with Crippen molar-refractivity contribution in [2.45, 2.75) is 37.8 Å². The number of benzene rings is 1. The highest BCUT2D eigenvalue weighted by Gasteiger charge is 2.37. The summed E-state index contributed by atoms with van der Waals surface area (Å²) >= 11 is 0. The van der Waals surface area contributed by atoms with Crippen LogP contribution in [0.15, 0.2) is 16.8 Å². The zero-order valence-corrected chi connectivity index (χ0v) is 14.0. The molecule has 10 heteroatoms. The number of aliphatic carboxylic acids is 1. The van der Waals surface area contributed by atoms with Crippen molar-refractivity contribution >= 4 is 28.4 Å². The molecule has 0 unspecified atom stereocenters.